The van der Waals surface area contributed by atoms with Gasteiger partial charge >= 0.3 is 5.97 Å². The number of nitrogens with zero attached hydrogens (tertiary/aromatic N) is 2. The Bertz CT molecular complexity index is 1010. The standard InChI is InChI=1S/C20H25N3O5S/c1-4-14-7-9-15(10-8-14)21-19(24)17-6-5-11-23(17)29(26,27)16-12-18(20(25)28-3)22(2)13-16/h7-10,12-13,17H,4-6,11H2,1-3H3,(H,21,24)/t17-/m0/s1. The molecule has 1 aliphatic rings. The number of sulfonamides is 1. The van der Waals surface area contributed by atoms with Gasteiger partial charge in [0.1, 0.15) is 16.6 Å². The number of aryl methyl sites for hydroxylation is 2. The molecular weight excluding hydrogens is 394 g/mol. The predicted octanol–water partition coefficient (Wildman–Crippen LogP) is 2.17. The maximum Gasteiger partial charge on any atom is 0.354 e. The van der Waals surface area contributed by atoms with Crippen LogP contribution in [0.25, 0.3) is 0 Å². The van der Waals surface area contributed by atoms with Gasteiger partial charge in [0.15, 0.2) is 0 Å². The number of carbonyl (C=O) groups excluding carboxylic acids is 2. The van der Waals surface area contributed by atoms with Gasteiger partial charge in [0.05, 0.1) is 7.11 Å². The van der Waals surface area contributed by atoms with Crippen molar-refractivity contribution in [2.45, 2.75) is 37.1 Å². The first kappa shape index (κ1) is 21.1. The van der Waals surface area contributed by atoms with E-state index in [1.807, 2.05) is 31.2 Å². The first-order chi connectivity index (χ1) is 13.8. The Morgan fingerprint density at radius 2 is 1.93 bits per heavy atom. The maximum absolute atomic E-state index is 13.1. The van der Waals surface area contributed by atoms with Crippen molar-refractivity contribution in [3.05, 3.63) is 47.8 Å². The van der Waals surface area contributed by atoms with E-state index in [1.54, 1.807) is 7.05 Å². The van der Waals surface area contributed by atoms with Crippen molar-refractivity contribution < 1.29 is 22.7 Å². The molecular formula is C20H25N3O5S. The summed E-state index contributed by atoms with van der Waals surface area (Å²) in [4.78, 5) is 24.6. The summed E-state index contributed by atoms with van der Waals surface area (Å²) in [5.74, 6) is -0.986. The zero-order valence-electron chi connectivity index (χ0n) is 16.7. The highest BCUT2D eigenvalue weighted by Crippen LogP contribution is 2.28. The molecule has 0 unspecified atom stereocenters. The second-order valence-electron chi connectivity index (χ2n) is 6.98. The number of esters is 1. The van der Waals surface area contributed by atoms with Crippen molar-refractivity contribution in [1.29, 1.82) is 0 Å². The first-order valence-corrected chi connectivity index (χ1v) is 10.9. The minimum atomic E-state index is -3.94. The lowest BCUT2D eigenvalue weighted by atomic mass is 10.1. The molecule has 0 bridgehead atoms. The van der Waals surface area contributed by atoms with Gasteiger partial charge in [-0.15, -0.1) is 0 Å². The fourth-order valence-corrected chi connectivity index (χ4v) is 5.19. The van der Waals surface area contributed by atoms with Crippen molar-refractivity contribution in [2.75, 3.05) is 19.0 Å². The monoisotopic (exact) mass is 419 g/mol. The number of methoxy groups -OCH3 is 1. The normalized spacial score (nSPS) is 17.3. The average Bonchev–Trinajstić information content (AvgIpc) is 3.35. The molecule has 1 fully saturated rings. The number of amides is 1. The maximum atomic E-state index is 13.1. The SMILES string of the molecule is CCc1ccc(NC(=O)[C@@H]2CCCN2S(=O)(=O)c2cc(C(=O)OC)n(C)c2)cc1. The van der Waals surface area contributed by atoms with Crippen LogP contribution in [0, 0.1) is 0 Å². The van der Waals surface area contributed by atoms with Gasteiger partial charge < -0.3 is 14.6 Å². The fourth-order valence-electron chi connectivity index (χ4n) is 3.46. The molecule has 8 nitrogen and oxygen atoms in total. The van der Waals surface area contributed by atoms with Gasteiger partial charge in [-0.05, 0) is 43.0 Å². The summed E-state index contributed by atoms with van der Waals surface area (Å²) in [6.07, 6.45) is 3.28. The molecule has 156 valence electrons. The minimum Gasteiger partial charge on any atom is -0.464 e. The second kappa shape index (κ2) is 8.38. The van der Waals surface area contributed by atoms with Crippen molar-refractivity contribution in [3.8, 4) is 0 Å². The molecule has 1 aromatic heterocycles. The Labute approximate surface area is 170 Å². The van der Waals surface area contributed by atoms with E-state index >= 15 is 0 Å². The van der Waals surface area contributed by atoms with Crippen LogP contribution in [0.3, 0.4) is 0 Å². The van der Waals surface area contributed by atoms with E-state index in [9.17, 15) is 18.0 Å². The third kappa shape index (κ3) is 4.20. The highest BCUT2D eigenvalue weighted by atomic mass is 32.2. The van der Waals surface area contributed by atoms with Crippen molar-refractivity contribution in [1.82, 2.24) is 8.87 Å². The zero-order chi connectivity index (χ0) is 21.2. The van der Waals surface area contributed by atoms with Gasteiger partial charge in [0.2, 0.25) is 15.9 Å². The molecule has 29 heavy (non-hydrogen) atoms. The van der Waals surface area contributed by atoms with Crippen molar-refractivity contribution in [3.63, 3.8) is 0 Å². The molecule has 2 aromatic rings. The highest BCUT2D eigenvalue weighted by Gasteiger charge is 2.40. The smallest absolute Gasteiger partial charge is 0.354 e. The molecule has 1 saturated heterocycles. The van der Waals surface area contributed by atoms with E-state index in [4.69, 9.17) is 0 Å². The number of rotatable bonds is 6. The van der Waals surface area contributed by atoms with E-state index in [0.29, 0.717) is 18.5 Å². The second-order valence-corrected chi connectivity index (χ2v) is 8.87. The number of aromatic nitrogens is 1. The third-order valence-electron chi connectivity index (χ3n) is 5.12. The lowest BCUT2D eigenvalue weighted by Gasteiger charge is -2.23. The van der Waals surface area contributed by atoms with E-state index in [-0.39, 0.29) is 23.0 Å². The predicted molar refractivity (Wildman–Crippen MR) is 108 cm³/mol. The van der Waals surface area contributed by atoms with Crippen LogP contribution in [-0.2, 0) is 33.0 Å². The quantitative estimate of drug-likeness (QED) is 0.724. The Kier molecular flexibility index (Phi) is 6.09. The number of hydrogen-bond acceptors (Lipinski definition) is 5. The van der Waals surface area contributed by atoms with Crippen LogP contribution in [0.5, 0.6) is 0 Å². The van der Waals surface area contributed by atoms with E-state index in [2.05, 4.69) is 10.1 Å². The molecule has 3 rings (SSSR count). The van der Waals surface area contributed by atoms with Gasteiger partial charge in [-0.25, -0.2) is 13.2 Å². The number of carbonyl (C=O) groups is 2. The molecule has 1 amide bonds. The number of ether oxygens (including phenoxy) is 1. The Hall–Kier alpha value is -2.65. The van der Waals surface area contributed by atoms with E-state index in [0.717, 1.165) is 12.0 Å². The molecule has 0 saturated carbocycles. The van der Waals surface area contributed by atoms with Gasteiger partial charge in [0.25, 0.3) is 0 Å². The van der Waals surface area contributed by atoms with Crippen LogP contribution in [0.1, 0.15) is 35.8 Å². The highest BCUT2D eigenvalue weighted by molar-refractivity contribution is 7.89. The van der Waals surface area contributed by atoms with Gasteiger partial charge in [0, 0.05) is 25.5 Å². The molecule has 9 heteroatoms. The first-order valence-electron chi connectivity index (χ1n) is 9.44. The summed E-state index contributed by atoms with van der Waals surface area (Å²) in [5, 5.41) is 2.81. The molecule has 0 spiro atoms. The van der Waals surface area contributed by atoms with Crippen LogP contribution >= 0.6 is 0 Å². The lowest BCUT2D eigenvalue weighted by Crippen LogP contribution is -2.43. The molecule has 1 aliphatic heterocycles. The van der Waals surface area contributed by atoms with Crippen molar-refractivity contribution >= 4 is 27.6 Å². The van der Waals surface area contributed by atoms with Crippen LogP contribution in [0.15, 0.2) is 41.4 Å². The number of hydrogen-bond donors (Lipinski definition) is 1. The minimum absolute atomic E-state index is 0.0348. The number of nitrogens with one attached hydrogen (secondary N) is 1. The van der Waals surface area contributed by atoms with E-state index in [1.165, 1.54) is 28.2 Å². The summed E-state index contributed by atoms with van der Waals surface area (Å²) >= 11 is 0. The number of benzene rings is 1. The topological polar surface area (TPSA) is 97.7 Å². The molecule has 0 radical (unpaired) electrons. The Balaban J connectivity index is 1.81. The summed E-state index contributed by atoms with van der Waals surface area (Å²) < 4.78 is 33.6. The largest absolute Gasteiger partial charge is 0.464 e. The summed E-state index contributed by atoms with van der Waals surface area (Å²) in [5.41, 5.74) is 1.91. The van der Waals surface area contributed by atoms with Crippen LogP contribution in [0.2, 0.25) is 0 Å². The molecule has 0 aliphatic carbocycles. The molecule has 2 heterocycles. The van der Waals surface area contributed by atoms with E-state index < -0.39 is 22.0 Å². The number of anilines is 1. The van der Waals surface area contributed by atoms with Gasteiger partial charge in [-0.1, -0.05) is 19.1 Å². The fraction of sp³-hybridized carbons (Fsp3) is 0.400. The lowest BCUT2D eigenvalue weighted by molar-refractivity contribution is -0.119. The summed E-state index contributed by atoms with van der Waals surface area (Å²) in [7, 11) is -1.13. The molecule has 1 aromatic carbocycles. The van der Waals surface area contributed by atoms with Gasteiger partial charge in [-0.3, -0.25) is 4.79 Å². The third-order valence-corrected chi connectivity index (χ3v) is 6.99. The summed E-state index contributed by atoms with van der Waals surface area (Å²) in [6.45, 7) is 2.29. The zero-order valence-corrected chi connectivity index (χ0v) is 17.5. The van der Waals surface area contributed by atoms with Crippen LogP contribution in [0.4, 0.5) is 5.69 Å². The average molecular weight is 420 g/mol. The van der Waals surface area contributed by atoms with Crippen LogP contribution < -0.4 is 5.32 Å². The Morgan fingerprint density at radius 3 is 2.55 bits per heavy atom. The summed E-state index contributed by atoms with van der Waals surface area (Å²) in [6, 6.07) is 7.95. The van der Waals surface area contributed by atoms with Crippen molar-refractivity contribution in [2.24, 2.45) is 7.05 Å². The van der Waals surface area contributed by atoms with Crippen LogP contribution in [-0.4, -0.2) is 48.9 Å². The Morgan fingerprint density at radius 1 is 1.24 bits per heavy atom. The molecule has 1 N–H and O–H groups in total. The molecule has 1 atom stereocenters. The van der Waals surface area contributed by atoms with Gasteiger partial charge in [-0.2, -0.15) is 4.31 Å².